The van der Waals surface area contributed by atoms with Gasteiger partial charge in [0, 0.05) is 0 Å². The van der Waals surface area contributed by atoms with Gasteiger partial charge in [-0.3, -0.25) is 0 Å². The molecule has 0 radical (unpaired) electrons. The van der Waals surface area contributed by atoms with Crippen molar-refractivity contribution in [3.05, 3.63) is 11.6 Å². The molecule has 0 bridgehead atoms. The van der Waals surface area contributed by atoms with Crippen molar-refractivity contribution in [1.82, 2.24) is 0 Å². The fourth-order valence-corrected chi connectivity index (χ4v) is 1.89. The van der Waals surface area contributed by atoms with Gasteiger partial charge < -0.3 is 5.11 Å². The zero-order valence-electron chi connectivity index (χ0n) is 8.21. The SMILES string of the molecule is CC1=CC(CCCC(C)O)CC1. The maximum Gasteiger partial charge on any atom is 0.0512 e. The van der Waals surface area contributed by atoms with E-state index in [1.165, 1.54) is 25.7 Å². The largest absolute Gasteiger partial charge is 0.393 e. The molecular formula is C11H20O. The number of hydrogen-bond acceptors (Lipinski definition) is 1. The van der Waals surface area contributed by atoms with Gasteiger partial charge in [0.1, 0.15) is 0 Å². The Bertz CT molecular complexity index is 158. The van der Waals surface area contributed by atoms with Gasteiger partial charge in [-0.2, -0.15) is 0 Å². The molecule has 2 unspecified atom stereocenters. The summed E-state index contributed by atoms with van der Waals surface area (Å²) in [6, 6.07) is 0. The van der Waals surface area contributed by atoms with Gasteiger partial charge in [0.15, 0.2) is 0 Å². The van der Waals surface area contributed by atoms with Crippen LogP contribution in [0.1, 0.15) is 46.0 Å². The van der Waals surface area contributed by atoms with E-state index in [0.29, 0.717) is 0 Å². The number of allylic oxidation sites excluding steroid dienone is 2. The lowest BCUT2D eigenvalue weighted by molar-refractivity contribution is 0.179. The van der Waals surface area contributed by atoms with Crippen LogP contribution < -0.4 is 0 Å². The normalized spacial score (nSPS) is 25.6. The zero-order chi connectivity index (χ0) is 8.97. The van der Waals surface area contributed by atoms with E-state index in [-0.39, 0.29) is 6.10 Å². The highest BCUT2D eigenvalue weighted by Crippen LogP contribution is 2.27. The fraction of sp³-hybridized carbons (Fsp3) is 0.818. The molecule has 1 nitrogen and oxygen atoms in total. The molecule has 2 atom stereocenters. The molecule has 1 N–H and O–H groups in total. The van der Waals surface area contributed by atoms with Gasteiger partial charge in [0.2, 0.25) is 0 Å². The first-order valence-electron chi connectivity index (χ1n) is 5.04. The number of aliphatic hydroxyl groups excluding tert-OH is 1. The summed E-state index contributed by atoms with van der Waals surface area (Å²) >= 11 is 0. The molecule has 1 rings (SSSR count). The number of aliphatic hydroxyl groups is 1. The molecule has 1 aliphatic rings. The predicted octanol–water partition coefficient (Wildman–Crippen LogP) is 2.89. The highest BCUT2D eigenvalue weighted by molar-refractivity contribution is 5.07. The average Bonchev–Trinajstić information content (AvgIpc) is 2.35. The molecule has 1 heteroatoms. The molecule has 70 valence electrons. The lowest BCUT2D eigenvalue weighted by Crippen LogP contribution is -2.00. The molecule has 0 saturated heterocycles. The molecule has 0 aliphatic heterocycles. The quantitative estimate of drug-likeness (QED) is 0.640. The maximum atomic E-state index is 9.06. The standard InChI is InChI=1S/C11H20O/c1-9-6-7-11(8-9)5-3-4-10(2)12/h8,10-12H,3-7H2,1-2H3. The summed E-state index contributed by atoms with van der Waals surface area (Å²) in [6.07, 6.45) is 8.32. The van der Waals surface area contributed by atoms with Crippen molar-refractivity contribution in [3.8, 4) is 0 Å². The monoisotopic (exact) mass is 168 g/mol. The first kappa shape index (κ1) is 9.79. The summed E-state index contributed by atoms with van der Waals surface area (Å²) in [5.74, 6) is 0.809. The Morgan fingerprint density at radius 3 is 2.92 bits per heavy atom. The maximum absolute atomic E-state index is 9.06. The van der Waals surface area contributed by atoms with Crippen LogP contribution in [-0.4, -0.2) is 11.2 Å². The summed E-state index contributed by atoms with van der Waals surface area (Å²) in [7, 11) is 0. The van der Waals surface area contributed by atoms with Gasteiger partial charge in [-0.25, -0.2) is 0 Å². The summed E-state index contributed by atoms with van der Waals surface area (Å²) < 4.78 is 0. The predicted molar refractivity (Wildman–Crippen MR) is 52.0 cm³/mol. The van der Waals surface area contributed by atoms with Crippen LogP contribution >= 0.6 is 0 Å². The van der Waals surface area contributed by atoms with Crippen molar-refractivity contribution in [2.75, 3.05) is 0 Å². The number of hydrogen-bond donors (Lipinski definition) is 1. The minimum Gasteiger partial charge on any atom is -0.393 e. The Labute approximate surface area is 75.5 Å². The smallest absolute Gasteiger partial charge is 0.0512 e. The van der Waals surface area contributed by atoms with E-state index in [1.807, 2.05) is 6.92 Å². The first-order chi connectivity index (χ1) is 5.68. The van der Waals surface area contributed by atoms with Crippen LogP contribution in [0.15, 0.2) is 11.6 Å². The van der Waals surface area contributed by atoms with Gasteiger partial charge in [-0.15, -0.1) is 0 Å². The fourth-order valence-electron chi connectivity index (χ4n) is 1.89. The Morgan fingerprint density at radius 2 is 2.42 bits per heavy atom. The van der Waals surface area contributed by atoms with Gasteiger partial charge >= 0.3 is 0 Å². The van der Waals surface area contributed by atoms with E-state index in [2.05, 4.69) is 13.0 Å². The molecule has 0 saturated carbocycles. The summed E-state index contributed by atoms with van der Waals surface area (Å²) in [5.41, 5.74) is 1.55. The molecule has 0 aromatic heterocycles. The number of rotatable bonds is 4. The van der Waals surface area contributed by atoms with Crippen molar-refractivity contribution >= 4 is 0 Å². The van der Waals surface area contributed by atoms with E-state index in [9.17, 15) is 0 Å². The van der Waals surface area contributed by atoms with Crippen molar-refractivity contribution < 1.29 is 5.11 Å². The molecular weight excluding hydrogens is 148 g/mol. The summed E-state index contributed by atoms with van der Waals surface area (Å²) in [6.45, 7) is 4.09. The first-order valence-corrected chi connectivity index (χ1v) is 5.04. The van der Waals surface area contributed by atoms with Crippen LogP contribution in [0.4, 0.5) is 0 Å². The second-order valence-corrected chi connectivity index (χ2v) is 4.09. The van der Waals surface area contributed by atoms with E-state index in [0.717, 1.165) is 12.3 Å². The Kier molecular flexibility index (Phi) is 3.80. The van der Waals surface area contributed by atoms with Crippen LogP contribution in [0.3, 0.4) is 0 Å². The lowest BCUT2D eigenvalue weighted by atomic mass is 10.0. The molecule has 0 spiro atoms. The average molecular weight is 168 g/mol. The minimum absolute atomic E-state index is 0.114. The van der Waals surface area contributed by atoms with Gasteiger partial charge in [-0.1, -0.05) is 18.1 Å². The zero-order valence-corrected chi connectivity index (χ0v) is 8.21. The van der Waals surface area contributed by atoms with Crippen LogP contribution in [0, 0.1) is 5.92 Å². The van der Waals surface area contributed by atoms with Gasteiger partial charge in [0.05, 0.1) is 6.10 Å². The second-order valence-electron chi connectivity index (χ2n) is 4.09. The van der Waals surface area contributed by atoms with Crippen molar-refractivity contribution in [2.24, 2.45) is 5.92 Å². The van der Waals surface area contributed by atoms with Crippen LogP contribution in [0.5, 0.6) is 0 Å². The van der Waals surface area contributed by atoms with E-state index in [4.69, 9.17) is 5.11 Å². The molecule has 0 heterocycles. The van der Waals surface area contributed by atoms with Crippen molar-refractivity contribution in [2.45, 2.75) is 52.1 Å². The molecule has 12 heavy (non-hydrogen) atoms. The third kappa shape index (κ3) is 3.40. The van der Waals surface area contributed by atoms with E-state index < -0.39 is 0 Å². The van der Waals surface area contributed by atoms with E-state index >= 15 is 0 Å². The van der Waals surface area contributed by atoms with Gasteiger partial charge in [-0.05, 0) is 45.4 Å². The van der Waals surface area contributed by atoms with Gasteiger partial charge in [0.25, 0.3) is 0 Å². The molecule has 0 fully saturated rings. The van der Waals surface area contributed by atoms with Crippen molar-refractivity contribution in [3.63, 3.8) is 0 Å². The Balaban J connectivity index is 2.08. The topological polar surface area (TPSA) is 20.2 Å². The highest BCUT2D eigenvalue weighted by atomic mass is 16.3. The van der Waals surface area contributed by atoms with Crippen molar-refractivity contribution in [1.29, 1.82) is 0 Å². The summed E-state index contributed by atoms with van der Waals surface area (Å²) in [5, 5.41) is 9.06. The molecule has 0 amide bonds. The lowest BCUT2D eigenvalue weighted by Gasteiger charge is -2.07. The van der Waals surface area contributed by atoms with E-state index in [1.54, 1.807) is 5.57 Å². The van der Waals surface area contributed by atoms with Crippen LogP contribution in [0.2, 0.25) is 0 Å². The molecule has 1 aliphatic carbocycles. The molecule has 0 aromatic carbocycles. The Hall–Kier alpha value is -0.300. The second kappa shape index (κ2) is 4.66. The summed E-state index contributed by atoms with van der Waals surface area (Å²) in [4.78, 5) is 0. The highest BCUT2D eigenvalue weighted by Gasteiger charge is 2.12. The minimum atomic E-state index is -0.114. The Morgan fingerprint density at radius 1 is 1.67 bits per heavy atom. The third-order valence-corrected chi connectivity index (χ3v) is 2.63. The molecule has 0 aromatic rings. The van der Waals surface area contributed by atoms with Crippen LogP contribution in [0.25, 0.3) is 0 Å². The third-order valence-electron chi connectivity index (χ3n) is 2.63. The van der Waals surface area contributed by atoms with Crippen LogP contribution in [-0.2, 0) is 0 Å².